The lowest BCUT2D eigenvalue weighted by Gasteiger charge is -2.09. The summed E-state index contributed by atoms with van der Waals surface area (Å²) in [6.45, 7) is 5.54. The molecule has 0 aromatic carbocycles. The first-order valence-corrected chi connectivity index (χ1v) is 5.98. The van der Waals surface area contributed by atoms with Gasteiger partial charge in [-0.1, -0.05) is 13.8 Å². The average Bonchev–Trinajstić information content (AvgIpc) is 2.65. The Hall–Kier alpha value is -1.63. The predicted molar refractivity (Wildman–Crippen MR) is 65.5 cm³/mol. The van der Waals surface area contributed by atoms with Crippen molar-refractivity contribution in [3.05, 3.63) is 11.1 Å². The van der Waals surface area contributed by atoms with Crippen molar-refractivity contribution in [1.29, 1.82) is 0 Å². The van der Waals surface area contributed by atoms with Gasteiger partial charge in [0.15, 0.2) is 5.13 Å². The van der Waals surface area contributed by atoms with E-state index in [1.54, 1.807) is 6.20 Å². The van der Waals surface area contributed by atoms with Gasteiger partial charge in [0, 0.05) is 11.1 Å². The van der Waals surface area contributed by atoms with Crippen molar-refractivity contribution in [1.82, 2.24) is 10.3 Å². The average molecular weight is 257 g/mol. The molecular formula is C10H15N3O3S. The van der Waals surface area contributed by atoms with Crippen LogP contribution < -0.4 is 10.6 Å². The third-order valence-corrected chi connectivity index (χ3v) is 3.27. The molecule has 0 aliphatic heterocycles. The third kappa shape index (κ3) is 4.03. The number of nitrogens with zero attached hydrogens (tertiary/aromatic N) is 1. The van der Waals surface area contributed by atoms with E-state index in [4.69, 9.17) is 5.11 Å². The van der Waals surface area contributed by atoms with E-state index in [9.17, 15) is 9.59 Å². The summed E-state index contributed by atoms with van der Waals surface area (Å²) in [6.07, 6.45) is 0.481. The lowest BCUT2D eigenvalue weighted by molar-refractivity contribution is -0.117. The third-order valence-electron chi connectivity index (χ3n) is 2.06. The minimum Gasteiger partial charge on any atom is -0.465 e. The topological polar surface area (TPSA) is 91.3 Å². The van der Waals surface area contributed by atoms with Crippen molar-refractivity contribution >= 4 is 28.5 Å². The van der Waals surface area contributed by atoms with Gasteiger partial charge in [-0.25, -0.2) is 9.78 Å². The van der Waals surface area contributed by atoms with Crippen LogP contribution in [0.1, 0.15) is 31.6 Å². The summed E-state index contributed by atoms with van der Waals surface area (Å²) in [5.74, 6) is -0.0650. The van der Waals surface area contributed by atoms with Crippen LogP contribution in [0.3, 0.4) is 0 Å². The highest BCUT2D eigenvalue weighted by atomic mass is 32.1. The number of carbonyl (C=O) groups excluding carboxylic acids is 1. The number of hydrogen-bond acceptors (Lipinski definition) is 4. The summed E-state index contributed by atoms with van der Waals surface area (Å²) in [6, 6.07) is -0.807. The largest absolute Gasteiger partial charge is 0.465 e. The van der Waals surface area contributed by atoms with Crippen molar-refractivity contribution in [2.45, 2.75) is 32.7 Å². The number of anilines is 1. The number of thiazole rings is 1. The molecule has 0 bridgehead atoms. The SMILES string of the molecule is CC(C)c1cnc(NC(=O)[C@H](C)NC(=O)O)s1. The minimum absolute atomic E-state index is 0.354. The summed E-state index contributed by atoms with van der Waals surface area (Å²) in [5, 5.41) is 13.6. The molecule has 0 spiro atoms. The molecule has 1 heterocycles. The van der Waals surface area contributed by atoms with Gasteiger partial charge >= 0.3 is 6.09 Å². The van der Waals surface area contributed by atoms with Crippen molar-refractivity contribution in [2.75, 3.05) is 5.32 Å². The van der Waals surface area contributed by atoms with Crippen molar-refractivity contribution in [2.24, 2.45) is 0 Å². The molecule has 17 heavy (non-hydrogen) atoms. The molecule has 3 N–H and O–H groups in total. The van der Waals surface area contributed by atoms with Crippen LogP contribution in [0, 0.1) is 0 Å². The normalized spacial score (nSPS) is 12.2. The molecule has 0 fully saturated rings. The van der Waals surface area contributed by atoms with Gasteiger partial charge in [0.05, 0.1) is 0 Å². The van der Waals surface area contributed by atoms with E-state index in [1.165, 1.54) is 18.3 Å². The fourth-order valence-electron chi connectivity index (χ4n) is 1.08. The van der Waals surface area contributed by atoms with Crippen molar-refractivity contribution in [3.8, 4) is 0 Å². The maximum atomic E-state index is 11.6. The van der Waals surface area contributed by atoms with Crippen LogP contribution in [-0.4, -0.2) is 28.1 Å². The van der Waals surface area contributed by atoms with Gasteiger partial charge in [-0.2, -0.15) is 0 Å². The molecule has 1 atom stereocenters. The number of amides is 2. The lowest BCUT2D eigenvalue weighted by Crippen LogP contribution is -2.40. The highest BCUT2D eigenvalue weighted by Crippen LogP contribution is 2.25. The van der Waals surface area contributed by atoms with Crippen molar-refractivity contribution < 1.29 is 14.7 Å². The number of carboxylic acid groups (broad SMARTS) is 1. The standard InChI is InChI=1S/C10H15N3O3S/c1-5(2)7-4-11-9(17-7)13-8(14)6(3)12-10(15)16/h4-6,12H,1-3H3,(H,15,16)(H,11,13,14)/t6-/m0/s1. The summed E-state index contributed by atoms with van der Waals surface area (Å²) >= 11 is 1.39. The van der Waals surface area contributed by atoms with E-state index in [-0.39, 0.29) is 0 Å². The van der Waals surface area contributed by atoms with E-state index in [2.05, 4.69) is 15.6 Å². The molecule has 0 aliphatic rings. The van der Waals surface area contributed by atoms with Gasteiger partial charge in [0.1, 0.15) is 6.04 Å². The fourth-order valence-corrected chi connectivity index (χ4v) is 1.90. The summed E-state index contributed by atoms with van der Waals surface area (Å²) in [4.78, 5) is 27.0. The number of hydrogen-bond donors (Lipinski definition) is 3. The Morgan fingerprint density at radius 1 is 1.41 bits per heavy atom. The minimum atomic E-state index is -1.23. The Morgan fingerprint density at radius 2 is 2.06 bits per heavy atom. The zero-order valence-corrected chi connectivity index (χ0v) is 10.7. The number of carbonyl (C=O) groups is 2. The summed E-state index contributed by atoms with van der Waals surface area (Å²) in [7, 11) is 0. The number of rotatable bonds is 4. The van der Waals surface area contributed by atoms with Crippen LogP contribution in [0.25, 0.3) is 0 Å². The first-order valence-electron chi connectivity index (χ1n) is 5.16. The van der Waals surface area contributed by atoms with E-state index < -0.39 is 18.0 Å². The summed E-state index contributed by atoms with van der Waals surface area (Å²) < 4.78 is 0. The molecule has 0 radical (unpaired) electrons. The second kappa shape index (κ2) is 5.62. The number of aromatic nitrogens is 1. The highest BCUT2D eigenvalue weighted by molar-refractivity contribution is 7.15. The van der Waals surface area contributed by atoms with Gasteiger partial charge in [-0.15, -0.1) is 11.3 Å². The van der Waals surface area contributed by atoms with Gasteiger partial charge in [0.25, 0.3) is 0 Å². The molecule has 0 aliphatic carbocycles. The van der Waals surface area contributed by atoms with Gasteiger partial charge in [-0.05, 0) is 12.8 Å². The predicted octanol–water partition coefficient (Wildman–Crippen LogP) is 1.86. The second-order valence-electron chi connectivity index (χ2n) is 3.88. The van der Waals surface area contributed by atoms with E-state index in [1.807, 2.05) is 13.8 Å². The van der Waals surface area contributed by atoms with Gasteiger partial charge in [0.2, 0.25) is 5.91 Å². The quantitative estimate of drug-likeness (QED) is 0.767. The van der Waals surface area contributed by atoms with Crippen LogP contribution in [0.15, 0.2) is 6.20 Å². The second-order valence-corrected chi connectivity index (χ2v) is 4.95. The molecule has 94 valence electrons. The van der Waals surface area contributed by atoms with Crippen LogP contribution in [-0.2, 0) is 4.79 Å². The van der Waals surface area contributed by atoms with Crippen molar-refractivity contribution in [3.63, 3.8) is 0 Å². The Bertz CT molecular complexity index is 417. The maximum absolute atomic E-state index is 11.6. The molecule has 0 unspecified atom stereocenters. The molecule has 0 saturated carbocycles. The Balaban J connectivity index is 2.58. The van der Waals surface area contributed by atoms with E-state index >= 15 is 0 Å². The molecule has 2 amide bonds. The van der Waals surface area contributed by atoms with E-state index in [0.29, 0.717) is 11.0 Å². The van der Waals surface area contributed by atoms with Gasteiger partial charge < -0.3 is 15.7 Å². The fraction of sp³-hybridized carbons (Fsp3) is 0.500. The van der Waals surface area contributed by atoms with Crippen LogP contribution in [0.2, 0.25) is 0 Å². The van der Waals surface area contributed by atoms with Crippen LogP contribution in [0.4, 0.5) is 9.93 Å². The monoisotopic (exact) mass is 257 g/mol. The Morgan fingerprint density at radius 3 is 2.53 bits per heavy atom. The molecular weight excluding hydrogens is 242 g/mol. The van der Waals surface area contributed by atoms with Crippen LogP contribution >= 0.6 is 11.3 Å². The van der Waals surface area contributed by atoms with Gasteiger partial charge in [-0.3, -0.25) is 4.79 Å². The molecule has 7 heteroatoms. The molecule has 0 saturated heterocycles. The first-order chi connectivity index (χ1) is 7.90. The molecule has 1 rings (SSSR count). The zero-order chi connectivity index (χ0) is 13.0. The van der Waals surface area contributed by atoms with Crippen LogP contribution in [0.5, 0.6) is 0 Å². The number of nitrogens with one attached hydrogen (secondary N) is 2. The Labute approximate surface area is 103 Å². The molecule has 6 nitrogen and oxygen atoms in total. The Kier molecular flexibility index (Phi) is 4.45. The lowest BCUT2D eigenvalue weighted by atomic mass is 10.2. The molecule has 1 aromatic rings. The van der Waals surface area contributed by atoms with E-state index in [0.717, 1.165) is 4.88 Å². The maximum Gasteiger partial charge on any atom is 0.405 e. The smallest absolute Gasteiger partial charge is 0.405 e. The first kappa shape index (κ1) is 13.4. The molecule has 1 aromatic heterocycles. The summed E-state index contributed by atoms with van der Waals surface area (Å²) in [5.41, 5.74) is 0. The zero-order valence-electron chi connectivity index (χ0n) is 9.85. The highest BCUT2D eigenvalue weighted by Gasteiger charge is 2.16.